The number of imidazole rings is 3. The summed E-state index contributed by atoms with van der Waals surface area (Å²) in [4.78, 5) is 91.2. The van der Waals surface area contributed by atoms with Gasteiger partial charge in [-0.05, 0) is 25.3 Å². The highest BCUT2D eigenvalue weighted by Crippen LogP contribution is 2.41. The normalized spacial score (nSPS) is 15.8. The summed E-state index contributed by atoms with van der Waals surface area (Å²) in [6, 6.07) is 2.23. The maximum atomic E-state index is 13.6. The van der Waals surface area contributed by atoms with Crippen molar-refractivity contribution in [3.8, 4) is 17.4 Å². The Morgan fingerprint density at radius 2 is 1.64 bits per heavy atom. The molecule has 4 N–H and O–H groups in total. The molecule has 6 rings (SSSR count). The lowest BCUT2D eigenvalue weighted by Gasteiger charge is -2.31. The monoisotopic (exact) mass is 804 g/mol. The molecule has 2 aliphatic heterocycles. The standard InChI is InChI=1S/C36H40N10O12/c1-6-12-57-36(54)46-21-15-23(22(55-5)14-19(21)32(49)45-11-7-9-20(45)33(46)50)56-13-8-10-26(47)37-24-16-42(2)28(38-24)31(48)40-25-17-43(3)30(39-25)35(53)58-27-18-44(4)29(41-27)34(51)52/h6,14-18,20,33,50H,1,7-13H2,2-5H3,(H,37,47)(H,40,48)(H,51,52)/t20-,33?/m0/s1. The van der Waals surface area contributed by atoms with Crippen molar-refractivity contribution in [2.75, 3.05) is 42.4 Å². The number of aromatic nitrogens is 6. The number of anilines is 3. The number of aryl methyl sites for hydroxylation is 3. The van der Waals surface area contributed by atoms with Crippen molar-refractivity contribution < 1.29 is 57.9 Å². The summed E-state index contributed by atoms with van der Waals surface area (Å²) >= 11 is 0. The Labute approximate surface area is 329 Å². The van der Waals surface area contributed by atoms with Crippen molar-refractivity contribution in [1.29, 1.82) is 0 Å². The van der Waals surface area contributed by atoms with E-state index in [2.05, 4.69) is 32.2 Å². The van der Waals surface area contributed by atoms with Crippen LogP contribution in [0.25, 0.3) is 0 Å². The number of esters is 1. The number of benzene rings is 1. The number of aromatic carboxylic acids is 1. The zero-order chi connectivity index (χ0) is 41.8. The molecular formula is C36H40N10O12. The van der Waals surface area contributed by atoms with Crippen LogP contribution in [0, 0.1) is 0 Å². The number of aliphatic hydroxyl groups is 1. The molecule has 0 radical (unpaired) electrons. The highest BCUT2D eigenvalue weighted by atomic mass is 16.6. The Morgan fingerprint density at radius 3 is 2.33 bits per heavy atom. The topological polar surface area (TPSA) is 264 Å². The molecule has 0 bridgehead atoms. The molecule has 0 saturated carbocycles. The summed E-state index contributed by atoms with van der Waals surface area (Å²) in [5, 5.41) is 25.6. The highest BCUT2D eigenvalue weighted by molar-refractivity contribution is 6.06. The van der Waals surface area contributed by atoms with Gasteiger partial charge in [0.15, 0.2) is 29.4 Å². The zero-order valence-corrected chi connectivity index (χ0v) is 31.8. The minimum atomic E-state index is -1.39. The van der Waals surface area contributed by atoms with Crippen molar-refractivity contribution in [1.82, 2.24) is 33.6 Å². The van der Waals surface area contributed by atoms with Gasteiger partial charge in [-0.2, -0.15) is 4.98 Å². The third-order valence-electron chi connectivity index (χ3n) is 9.16. The van der Waals surface area contributed by atoms with E-state index in [1.165, 1.54) is 83.7 Å². The maximum Gasteiger partial charge on any atom is 0.416 e. The highest BCUT2D eigenvalue weighted by Gasteiger charge is 2.45. The van der Waals surface area contributed by atoms with E-state index >= 15 is 0 Å². The smallest absolute Gasteiger partial charge is 0.416 e. The Morgan fingerprint density at radius 1 is 0.948 bits per heavy atom. The van der Waals surface area contributed by atoms with Gasteiger partial charge in [0, 0.05) is 52.6 Å². The molecule has 4 aromatic rings. The predicted molar refractivity (Wildman–Crippen MR) is 200 cm³/mol. The molecular weight excluding hydrogens is 764 g/mol. The molecule has 22 heteroatoms. The van der Waals surface area contributed by atoms with E-state index in [9.17, 15) is 33.9 Å². The third kappa shape index (κ3) is 8.30. The lowest BCUT2D eigenvalue weighted by molar-refractivity contribution is -0.116. The molecule has 2 aliphatic rings. The van der Waals surface area contributed by atoms with E-state index in [4.69, 9.17) is 24.1 Å². The second-order valence-corrected chi connectivity index (χ2v) is 13.2. The molecule has 1 unspecified atom stereocenters. The van der Waals surface area contributed by atoms with Crippen LogP contribution in [-0.4, -0.2) is 119 Å². The van der Waals surface area contributed by atoms with Crippen LogP contribution in [0.4, 0.5) is 22.1 Å². The van der Waals surface area contributed by atoms with Gasteiger partial charge in [0.05, 0.1) is 37.2 Å². The minimum absolute atomic E-state index is 0.00937. The fourth-order valence-electron chi connectivity index (χ4n) is 6.50. The summed E-state index contributed by atoms with van der Waals surface area (Å²) < 4.78 is 25.7. The van der Waals surface area contributed by atoms with E-state index in [0.717, 1.165) is 4.90 Å². The number of carbonyl (C=O) groups excluding carboxylic acids is 5. The number of hydrogen-bond donors (Lipinski definition) is 4. The lowest BCUT2D eigenvalue weighted by atomic mass is 10.1. The molecule has 5 heterocycles. The Bertz CT molecular complexity index is 2290. The van der Waals surface area contributed by atoms with Gasteiger partial charge in [0.2, 0.25) is 29.3 Å². The van der Waals surface area contributed by atoms with Crippen LogP contribution in [0.5, 0.6) is 17.4 Å². The van der Waals surface area contributed by atoms with E-state index in [1.807, 2.05) is 0 Å². The molecule has 3 aromatic heterocycles. The summed E-state index contributed by atoms with van der Waals surface area (Å²) in [7, 11) is 5.84. The number of carboxylic acids is 1. The van der Waals surface area contributed by atoms with Crippen LogP contribution in [0.15, 0.2) is 43.4 Å². The summed E-state index contributed by atoms with van der Waals surface area (Å²) in [6.45, 7) is 3.86. The quantitative estimate of drug-likeness (QED) is 0.0806. The van der Waals surface area contributed by atoms with Gasteiger partial charge in [-0.3, -0.25) is 14.4 Å². The number of fused-ring (bicyclic) bond motifs is 2. The first-order chi connectivity index (χ1) is 27.7. The van der Waals surface area contributed by atoms with Crippen molar-refractivity contribution in [2.45, 2.75) is 38.0 Å². The first-order valence-corrected chi connectivity index (χ1v) is 17.8. The zero-order valence-electron chi connectivity index (χ0n) is 31.8. The first-order valence-electron chi connectivity index (χ1n) is 17.8. The molecule has 1 aromatic carbocycles. The molecule has 4 amide bonds. The van der Waals surface area contributed by atoms with Gasteiger partial charge in [0.1, 0.15) is 6.61 Å². The van der Waals surface area contributed by atoms with Gasteiger partial charge in [-0.15, -0.1) is 0 Å². The number of methoxy groups -OCH3 is 1. The van der Waals surface area contributed by atoms with E-state index < -0.39 is 42.1 Å². The van der Waals surface area contributed by atoms with E-state index in [0.29, 0.717) is 19.4 Å². The number of ether oxygens (including phenoxy) is 4. The van der Waals surface area contributed by atoms with Crippen LogP contribution in [0.2, 0.25) is 0 Å². The number of hydrogen-bond acceptors (Lipinski definition) is 14. The Kier molecular flexibility index (Phi) is 11.8. The summed E-state index contributed by atoms with van der Waals surface area (Å²) in [5.41, 5.74) is 0.199. The molecule has 58 heavy (non-hydrogen) atoms. The second-order valence-electron chi connectivity index (χ2n) is 13.2. The number of aliphatic hydroxyl groups excluding tert-OH is 1. The fraction of sp³-hybridized carbons (Fsp3) is 0.361. The summed E-state index contributed by atoms with van der Waals surface area (Å²) in [5.74, 6) is -4.26. The number of nitrogens with one attached hydrogen (secondary N) is 2. The number of amides is 4. The number of carbonyl (C=O) groups is 6. The Hall–Kier alpha value is -7.23. The minimum Gasteiger partial charge on any atom is -0.493 e. The largest absolute Gasteiger partial charge is 0.493 e. The van der Waals surface area contributed by atoms with Crippen LogP contribution in [0.1, 0.15) is 67.9 Å². The van der Waals surface area contributed by atoms with Gasteiger partial charge in [0.25, 0.3) is 11.8 Å². The number of nitrogens with zero attached hydrogens (tertiary/aromatic N) is 8. The molecule has 0 aliphatic carbocycles. The van der Waals surface area contributed by atoms with Crippen molar-refractivity contribution in [3.05, 3.63) is 66.4 Å². The molecule has 22 nitrogen and oxygen atoms in total. The van der Waals surface area contributed by atoms with E-state index in [1.54, 1.807) is 0 Å². The van der Waals surface area contributed by atoms with Crippen molar-refractivity contribution in [3.63, 3.8) is 0 Å². The predicted octanol–water partition coefficient (Wildman–Crippen LogP) is 1.93. The fourth-order valence-corrected chi connectivity index (χ4v) is 6.50. The maximum absolute atomic E-state index is 13.6. The van der Waals surface area contributed by atoms with E-state index in [-0.39, 0.29) is 89.7 Å². The molecule has 2 atom stereocenters. The van der Waals surface area contributed by atoms with Crippen LogP contribution >= 0.6 is 0 Å². The van der Waals surface area contributed by atoms with Gasteiger partial charge < -0.3 is 58.4 Å². The Balaban J connectivity index is 1.05. The lowest BCUT2D eigenvalue weighted by Crippen LogP contribution is -2.50. The van der Waals surface area contributed by atoms with Crippen LogP contribution in [-0.2, 0) is 30.7 Å². The average Bonchev–Trinajstić information content (AvgIpc) is 3.97. The second kappa shape index (κ2) is 16.9. The van der Waals surface area contributed by atoms with Crippen LogP contribution in [0.3, 0.4) is 0 Å². The van der Waals surface area contributed by atoms with Gasteiger partial charge in [-0.25, -0.2) is 29.3 Å². The molecule has 0 spiro atoms. The summed E-state index contributed by atoms with van der Waals surface area (Å²) in [6.07, 6.45) is 4.45. The van der Waals surface area contributed by atoms with Crippen molar-refractivity contribution >= 4 is 53.1 Å². The number of rotatable bonds is 14. The first kappa shape index (κ1) is 40.4. The molecule has 1 saturated heterocycles. The van der Waals surface area contributed by atoms with Crippen LogP contribution < -0.4 is 29.7 Å². The van der Waals surface area contributed by atoms with Gasteiger partial charge in [-0.1, -0.05) is 12.7 Å². The number of carboxylic acid groups (broad SMARTS) is 1. The average molecular weight is 805 g/mol. The van der Waals surface area contributed by atoms with Gasteiger partial charge >= 0.3 is 18.0 Å². The SMILES string of the molecule is C=CCOC(=O)N1c2cc(OCCCC(=O)Nc3cn(C)c(C(=O)Nc4cn(C)c(C(=O)Oc5cn(C)c(C(=O)O)n5)n4)n3)c(OC)cc2C(=O)N2CCC[C@H]2C1O. The molecule has 1 fully saturated rings. The van der Waals surface area contributed by atoms with Crippen molar-refractivity contribution in [2.24, 2.45) is 21.1 Å². The molecule has 306 valence electrons. The third-order valence-corrected chi connectivity index (χ3v) is 9.16.